The van der Waals surface area contributed by atoms with Gasteiger partial charge in [0, 0.05) is 27.6 Å². The number of carboxylic acid groups (broad SMARTS) is 1. The molecule has 8 nitrogen and oxygen atoms in total. The van der Waals surface area contributed by atoms with E-state index < -0.39 is 29.0 Å². The number of carbonyl (C=O) groups excluding carboxylic acids is 2. The summed E-state index contributed by atoms with van der Waals surface area (Å²) in [5.41, 5.74) is 1.97. The van der Waals surface area contributed by atoms with Gasteiger partial charge in [0.2, 0.25) is 0 Å². The van der Waals surface area contributed by atoms with Crippen LogP contribution < -0.4 is 24.1 Å². The Labute approximate surface area is 254 Å². The zero-order valence-corrected chi connectivity index (χ0v) is 24.8. The Kier molecular flexibility index (Phi) is 8.50. The third kappa shape index (κ3) is 5.58. The molecular formula is C34H30ClO8-. The largest absolute Gasteiger partial charge is 0.548 e. The van der Waals surface area contributed by atoms with E-state index in [0.717, 1.165) is 21.9 Å². The first-order chi connectivity index (χ1) is 20.7. The molecule has 1 aliphatic rings. The quantitative estimate of drug-likeness (QED) is 0.132. The lowest BCUT2D eigenvalue weighted by Crippen LogP contribution is -2.38. The molecule has 0 aliphatic carbocycles. The molecule has 4 aromatic rings. The molecule has 0 spiro atoms. The van der Waals surface area contributed by atoms with E-state index in [0.29, 0.717) is 40.5 Å². The SMILES string of the molecule is CCC(OC(=O)C(Cl)C(=O)[O-])c1cc2cc(OC)ccc2c2c1C=CC(c1ccc(OC)cc1)(c1ccc(OC)cc1)O2. The molecule has 0 N–H and O–H groups in total. The number of carbonyl (C=O) groups is 2. The van der Waals surface area contributed by atoms with E-state index in [9.17, 15) is 14.7 Å². The predicted octanol–water partition coefficient (Wildman–Crippen LogP) is 5.57. The van der Waals surface area contributed by atoms with Crippen LogP contribution in [0.3, 0.4) is 0 Å². The van der Waals surface area contributed by atoms with Gasteiger partial charge in [0.25, 0.3) is 0 Å². The number of halogens is 1. The number of hydrogen-bond donors (Lipinski definition) is 0. The summed E-state index contributed by atoms with van der Waals surface area (Å²) in [4.78, 5) is 23.8. The van der Waals surface area contributed by atoms with Crippen LogP contribution in [0.15, 0.2) is 78.9 Å². The molecule has 0 saturated carbocycles. The molecule has 0 amide bonds. The molecule has 43 heavy (non-hydrogen) atoms. The maximum absolute atomic E-state index is 12.6. The lowest BCUT2D eigenvalue weighted by atomic mass is 9.82. The van der Waals surface area contributed by atoms with E-state index in [1.807, 2.05) is 91.9 Å². The Morgan fingerprint density at radius 1 is 0.860 bits per heavy atom. The highest BCUT2D eigenvalue weighted by Gasteiger charge is 2.39. The Morgan fingerprint density at radius 2 is 1.42 bits per heavy atom. The lowest BCUT2D eigenvalue weighted by molar-refractivity contribution is -0.304. The molecular weight excluding hydrogens is 572 g/mol. The van der Waals surface area contributed by atoms with E-state index in [2.05, 4.69) is 0 Å². The van der Waals surface area contributed by atoms with Gasteiger partial charge in [-0.15, -0.1) is 11.6 Å². The number of fused-ring (bicyclic) bond motifs is 3. The fourth-order valence-electron chi connectivity index (χ4n) is 5.28. The van der Waals surface area contributed by atoms with Crippen molar-refractivity contribution < 1.29 is 38.4 Å². The molecule has 5 rings (SSSR count). The van der Waals surface area contributed by atoms with Crippen molar-refractivity contribution in [1.82, 2.24) is 0 Å². The average molecular weight is 602 g/mol. The summed E-state index contributed by atoms with van der Waals surface area (Å²) in [5.74, 6) is -0.227. The molecule has 0 aromatic heterocycles. The highest BCUT2D eigenvalue weighted by Crippen LogP contribution is 2.48. The highest BCUT2D eigenvalue weighted by molar-refractivity contribution is 6.39. The van der Waals surface area contributed by atoms with Gasteiger partial charge in [0.1, 0.15) is 29.1 Å². The number of ether oxygens (including phenoxy) is 5. The number of aliphatic carboxylic acids is 1. The van der Waals surface area contributed by atoms with Crippen molar-refractivity contribution in [2.45, 2.75) is 30.4 Å². The number of alkyl halides is 1. The van der Waals surface area contributed by atoms with Crippen molar-refractivity contribution in [1.29, 1.82) is 0 Å². The third-order valence-corrected chi connectivity index (χ3v) is 7.90. The second-order valence-electron chi connectivity index (χ2n) is 9.94. The smallest absolute Gasteiger partial charge is 0.330 e. The summed E-state index contributed by atoms with van der Waals surface area (Å²) in [7, 11) is 4.80. The van der Waals surface area contributed by atoms with Crippen molar-refractivity contribution in [3.8, 4) is 23.0 Å². The molecule has 2 unspecified atom stereocenters. The maximum Gasteiger partial charge on any atom is 0.330 e. The monoisotopic (exact) mass is 601 g/mol. The molecule has 0 bridgehead atoms. The fraction of sp³-hybridized carbons (Fsp3) is 0.235. The highest BCUT2D eigenvalue weighted by atomic mass is 35.5. The van der Waals surface area contributed by atoms with Crippen molar-refractivity contribution in [3.05, 3.63) is 101 Å². The number of hydrogen-bond acceptors (Lipinski definition) is 8. The van der Waals surface area contributed by atoms with E-state index in [1.165, 1.54) is 0 Å². The normalized spacial score (nSPS) is 14.6. The van der Waals surface area contributed by atoms with Gasteiger partial charge in [-0.05, 0) is 66.4 Å². The number of methoxy groups -OCH3 is 3. The molecule has 1 aliphatic heterocycles. The Balaban J connectivity index is 1.73. The topological polar surface area (TPSA) is 103 Å². The summed E-state index contributed by atoms with van der Waals surface area (Å²) in [6.07, 6.45) is 3.43. The van der Waals surface area contributed by atoms with Crippen LogP contribution >= 0.6 is 11.6 Å². The van der Waals surface area contributed by atoms with Crippen molar-refractivity contribution in [3.63, 3.8) is 0 Å². The minimum absolute atomic E-state index is 0.347. The average Bonchev–Trinajstić information content (AvgIpc) is 3.05. The summed E-state index contributed by atoms with van der Waals surface area (Å²) in [5, 5.41) is 10.9. The molecule has 4 aromatic carbocycles. The van der Waals surface area contributed by atoms with Crippen LogP contribution in [0.5, 0.6) is 23.0 Å². The van der Waals surface area contributed by atoms with Crippen LogP contribution in [0.2, 0.25) is 0 Å². The Hall–Kier alpha value is -4.69. The van der Waals surface area contributed by atoms with Gasteiger partial charge in [-0.1, -0.05) is 37.3 Å². The zero-order valence-electron chi connectivity index (χ0n) is 24.1. The fourth-order valence-corrected chi connectivity index (χ4v) is 5.33. The van der Waals surface area contributed by atoms with Crippen molar-refractivity contribution in [2.24, 2.45) is 0 Å². The molecule has 1 heterocycles. The van der Waals surface area contributed by atoms with Crippen LogP contribution in [0.4, 0.5) is 0 Å². The molecule has 0 fully saturated rings. The first kappa shape index (κ1) is 29.8. The minimum Gasteiger partial charge on any atom is -0.548 e. The molecule has 0 saturated heterocycles. The minimum atomic E-state index is -1.94. The van der Waals surface area contributed by atoms with Gasteiger partial charge in [-0.3, -0.25) is 4.79 Å². The summed E-state index contributed by atoms with van der Waals surface area (Å²) in [6, 6.07) is 22.8. The first-order valence-electron chi connectivity index (χ1n) is 13.6. The van der Waals surface area contributed by atoms with Crippen LogP contribution in [0.1, 0.15) is 41.7 Å². The maximum atomic E-state index is 12.6. The lowest BCUT2D eigenvalue weighted by Gasteiger charge is -2.38. The predicted molar refractivity (Wildman–Crippen MR) is 161 cm³/mol. The second kappa shape index (κ2) is 12.3. The van der Waals surface area contributed by atoms with Crippen LogP contribution in [0, 0.1) is 0 Å². The van der Waals surface area contributed by atoms with Gasteiger partial charge in [-0.2, -0.15) is 0 Å². The van der Waals surface area contributed by atoms with E-state index >= 15 is 0 Å². The summed E-state index contributed by atoms with van der Waals surface area (Å²) < 4.78 is 29.0. The Morgan fingerprint density at radius 3 is 1.93 bits per heavy atom. The molecule has 2 atom stereocenters. The van der Waals surface area contributed by atoms with E-state index in [4.69, 9.17) is 35.3 Å². The van der Waals surface area contributed by atoms with Gasteiger partial charge in [-0.25, -0.2) is 0 Å². The van der Waals surface area contributed by atoms with Gasteiger partial charge < -0.3 is 33.6 Å². The van der Waals surface area contributed by atoms with E-state index in [1.54, 1.807) is 21.3 Å². The van der Waals surface area contributed by atoms with Crippen molar-refractivity contribution >= 4 is 40.4 Å². The van der Waals surface area contributed by atoms with Crippen LogP contribution in [-0.4, -0.2) is 38.6 Å². The van der Waals surface area contributed by atoms with Crippen molar-refractivity contribution in [2.75, 3.05) is 21.3 Å². The molecule has 9 heteroatoms. The summed E-state index contributed by atoms with van der Waals surface area (Å²) >= 11 is 5.74. The zero-order chi connectivity index (χ0) is 30.7. The van der Waals surface area contributed by atoms with Crippen LogP contribution in [-0.2, 0) is 19.9 Å². The molecule has 222 valence electrons. The third-order valence-electron chi connectivity index (χ3n) is 7.55. The molecule has 0 radical (unpaired) electrons. The number of esters is 1. The number of benzene rings is 4. The summed E-state index contributed by atoms with van der Waals surface area (Å²) in [6.45, 7) is 1.83. The second-order valence-corrected chi connectivity index (χ2v) is 10.4. The van der Waals surface area contributed by atoms with Gasteiger partial charge in [0.15, 0.2) is 11.0 Å². The number of carboxylic acids is 1. The van der Waals surface area contributed by atoms with E-state index in [-0.39, 0.29) is 0 Å². The first-order valence-corrected chi connectivity index (χ1v) is 14.1. The van der Waals surface area contributed by atoms with Gasteiger partial charge in [0.05, 0.1) is 27.3 Å². The number of rotatable bonds is 10. The standard InChI is InChI=1S/C34H31ClO8/c1-5-29(42-33(38)30(35)32(36)37)28-19-20-18-25(41-4)14-15-26(20)31-27(28)16-17-34(43-31,21-6-10-23(39-2)11-7-21)22-8-12-24(40-3)13-9-22/h6-19,29-30H,5H2,1-4H3,(H,36,37)/p-1. The Bertz CT molecular complexity index is 1630. The van der Waals surface area contributed by atoms with Gasteiger partial charge >= 0.3 is 5.97 Å². The van der Waals surface area contributed by atoms with Crippen LogP contribution in [0.25, 0.3) is 16.8 Å².